The molecule has 0 saturated heterocycles. The number of carbonyl (C=O) groups excluding carboxylic acids is 2. The van der Waals surface area contributed by atoms with Crippen molar-refractivity contribution in [1.82, 2.24) is 0 Å². The Bertz CT molecular complexity index is 1230. The second kappa shape index (κ2) is 9.31. The van der Waals surface area contributed by atoms with Gasteiger partial charge >= 0.3 is 11.9 Å². The van der Waals surface area contributed by atoms with Crippen LogP contribution in [0.25, 0.3) is 6.08 Å². The van der Waals surface area contributed by atoms with Crippen LogP contribution in [0.5, 0.6) is 11.5 Å². The van der Waals surface area contributed by atoms with E-state index in [1.54, 1.807) is 48.5 Å². The summed E-state index contributed by atoms with van der Waals surface area (Å²) in [4.78, 5) is 29.1. The first kappa shape index (κ1) is 21.1. The number of aryl methyl sites for hydroxylation is 1. The Kier molecular flexibility index (Phi) is 6.12. The molecule has 0 bridgehead atoms. The van der Waals surface area contributed by atoms with Crippen molar-refractivity contribution in [2.45, 2.75) is 13.8 Å². The third-order valence-electron chi connectivity index (χ3n) is 4.78. The third kappa shape index (κ3) is 4.59. The fourth-order valence-corrected chi connectivity index (χ4v) is 3.20. The predicted molar refractivity (Wildman–Crippen MR) is 121 cm³/mol. The van der Waals surface area contributed by atoms with Gasteiger partial charge in [0.15, 0.2) is 17.2 Å². The van der Waals surface area contributed by atoms with E-state index in [2.05, 4.69) is 4.99 Å². The third-order valence-corrected chi connectivity index (χ3v) is 4.78. The van der Waals surface area contributed by atoms with Crippen LogP contribution < -0.4 is 9.47 Å². The zero-order valence-electron chi connectivity index (χ0n) is 17.7. The first-order valence-electron chi connectivity index (χ1n) is 10.2. The van der Waals surface area contributed by atoms with Gasteiger partial charge < -0.3 is 14.2 Å². The van der Waals surface area contributed by atoms with Gasteiger partial charge in [0, 0.05) is 5.56 Å². The number of rotatable bonds is 6. The number of cyclic esters (lactones) is 1. The molecule has 0 N–H and O–H groups in total. The first-order valence-corrected chi connectivity index (χ1v) is 10.2. The van der Waals surface area contributed by atoms with Crippen molar-refractivity contribution >= 4 is 23.9 Å². The predicted octanol–water partition coefficient (Wildman–Crippen LogP) is 4.96. The highest BCUT2D eigenvalue weighted by atomic mass is 16.6. The van der Waals surface area contributed by atoms with Gasteiger partial charge in [-0.15, -0.1) is 0 Å². The summed E-state index contributed by atoms with van der Waals surface area (Å²) in [7, 11) is 0. The Labute approximate surface area is 185 Å². The number of nitrogens with zero attached hydrogens (tertiary/aromatic N) is 1. The topological polar surface area (TPSA) is 74.2 Å². The van der Waals surface area contributed by atoms with E-state index in [1.807, 2.05) is 44.2 Å². The van der Waals surface area contributed by atoms with E-state index in [9.17, 15) is 9.59 Å². The lowest BCUT2D eigenvalue weighted by atomic mass is 10.1. The van der Waals surface area contributed by atoms with Crippen molar-refractivity contribution in [2.75, 3.05) is 6.61 Å². The molecule has 1 aliphatic rings. The molecule has 32 heavy (non-hydrogen) atoms. The molecule has 0 saturated carbocycles. The summed E-state index contributed by atoms with van der Waals surface area (Å²) in [6, 6.07) is 21.3. The molecule has 160 valence electrons. The maximum absolute atomic E-state index is 12.4. The van der Waals surface area contributed by atoms with Crippen molar-refractivity contribution in [3.63, 3.8) is 0 Å². The van der Waals surface area contributed by atoms with Crippen molar-refractivity contribution in [3.8, 4) is 11.5 Å². The molecule has 4 rings (SSSR count). The average Bonchev–Trinajstić information content (AvgIpc) is 3.16. The van der Waals surface area contributed by atoms with Crippen LogP contribution in [0, 0.1) is 6.92 Å². The summed E-state index contributed by atoms with van der Waals surface area (Å²) >= 11 is 0. The van der Waals surface area contributed by atoms with Crippen LogP contribution in [0.15, 0.2) is 83.5 Å². The molecule has 6 nitrogen and oxygen atoms in total. The fraction of sp³-hybridized carbons (Fsp3) is 0.115. The molecule has 1 heterocycles. The average molecular weight is 427 g/mol. The number of aliphatic imine (C=N–C) groups is 1. The molecule has 6 heteroatoms. The minimum atomic E-state index is -0.527. The van der Waals surface area contributed by atoms with Crippen molar-refractivity contribution < 1.29 is 23.8 Å². The van der Waals surface area contributed by atoms with Gasteiger partial charge in [-0.1, -0.05) is 42.5 Å². The van der Waals surface area contributed by atoms with Crippen molar-refractivity contribution in [1.29, 1.82) is 0 Å². The second-order valence-corrected chi connectivity index (χ2v) is 7.05. The molecule has 0 spiro atoms. The monoisotopic (exact) mass is 427 g/mol. The van der Waals surface area contributed by atoms with Gasteiger partial charge in [-0.25, -0.2) is 14.6 Å². The minimum absolute atomic E-state index is 0.180. The number of hydrogen-bond acceptors (Lipinski definition) is 6. The summed E-state index contributed by atoms with van der Waals surface area (Å²) in [6.45, 7) is 4.14. The Morgan fingerprint density at radius 1 is 1.00 bits per heavy atom. The largest absolute Gasteiger partial charge is 0.490 e. The molecule has 0 fully saturated rings. The molecule has 3 aromatic rings. The Hall–Kier alpha value is -4.19. The number of carbonyl (C=O) groups is 2. The SMILES string of the molecule is CCOc1cc(/C=C2\N=C(c3ccccc3C)OC2=O)ccc1OC(=O)c1ccccc1. The quantitative estimate of drug-likeness (QED) is 0.316. The van der Waals surface area contributed by atoms with Crippen LogP contribution in [0.3, 0.4) is 0 Å². The van der Waals surface area contributed by atoms with Gasteiger partial charge in [-0.2, -0.15) is 0 Å². The van der Waals surface area contributed by atoms with E-state index in [0.29, 0.717) is 29.2 Å². The van der Waals surface area contributed by atoms with Gasteiger partial charge in [0.25, 0.3) is 0 Å². The molecule has 3 aromatic carbocycles. The normalized spacial score (nSPS) is 14.1. The Morgan fingerprint density at radius 2 is 1.75 bits per heavy atom. The lowest BCUT2D eigenvalue weighted by Gasteiger charge is -2.11. The maximum atomic E-state index is 12.4. The van der Waals surface area contributed by atoms with E-state index in [-0.39, 0.29) is 11.6 Å². The molecule has 0 amide bonds. The van der Waals surface area contributed by atoms with Gasteiger partial charge in [0.05, 0.1) is 12.2 Å². The highest BCUT2D eigenvalue weighted by Gasteiger charge is 2.25. The highest BCUT2D eigenvalue weighted by Crippen LogP contribution is 2.31. The number of hydrogen-bond donors (Lipinski definition) is 0. The molecule has 1 aliphatic heterocycles. The van der Waals surface area contributed by atoms with Crippen LogP contribution in [0.1, 0.15) is 34.0 Å². The van der Waals surface area contributed by atoms with Crippen molar-refractivity contribution in [2.24, 2.45) is 4.99 Å². The van der Waals surface area contributed by atoms with Crippen LogP contribution in [-0.2, 0) is 9.53 Å². The van der Waals surface area contributed by atoms with Gasteiger partial charge in [-0.3, -0.25) is 0 Å². The number of benzene rings is 3. The second-order valence-electron chi connectivity index (χ2n) is 7.05. The zero-order chi connectivity index (χ0) is 22.5. The van der Waals surface area contributed by atoms with Crippen LogP contribution >= 0.6 is 0 Å². The molecule has 0 aromatic heterocycles. The molecule has 0 unspecified atom stereocenters. The van der Waals surface area contributed by atoms with E-state index in [1.165, 1.54) is 0 Å². The molecular weight excluding hydrogens is 406 g/mol. The summed E-state index contributed by atoms with van der Waals surface area (Å²) in [6.07, 6.45) is 1.61. The van der Waals surface area contributed by atoms with Crippen LogP contribution in [-0.4, -0.2) is 24.4 Å². The Morgan fingerprint density at radius 3 is 2.50 bits per heavy atom. The lowest BCUT2D eigenvalue weighted by Crippen LogP contribution is -2.09. The smallest absolute Gasteiger partial charge is 0.363 e. The molecule has 0 aliphatic carbocycles. The van der Waals surface area contributed by atoms with Crippen molar-refractivity contribution in [3.05, 3.63) is 101 Å². The van der Waals surface area contributed by atoms with Gasteiger partial charge in [0.1, 0.15) is 0 Å². The maximum Gasteiger partial charge on any atom is 0.363 e. The summed E-state index contributed by atoms with van der Waals surface area (Å²) in [5.74, 6) is -0.0513. The Balaban J connectivity index is 1.61. The van der Waals surface area contributed by atoms with Crippen LogP contribution in [0.2, 0.25) is 0 Å². The zero-order valence-corrected chi connectivity index (χ0v) is 17.7. The van der Waals surface area contributed by atoms with Crippen LogP contribution in [0.4, 0.5) is 0 Å². The molecule has 0 atom stereocenters. The summed E-state index contributed by atoms with van der Waals surface area (Å²) in [5.41, 5.74) is 3.01. The first-order chi connectivity index (χ1) is 15.5. The number of esters is 2. The van der Waals surface area contributed by atoms with E-state index in [0.717, 1.165) is 11.1 Å². The summed E-state index contributed by atoms with van der Waals surface area (Å²) in [5, 5.41) is 0. The standard InChI is InChI=1S/C26H21NO5/c1-3-30-23-16-18(13-14-22(23)31-25(28)19-10-5-4-6-11-19)15-21-26(29)32-24(27-21)20-12-8-7-9-17(20)2/h4-16H,3H2,1-2H3/b21-15-. The highest BCUT2D eigenvalue weighted by molar-refractivity contribution is 6.13. The number of ether oxygens (including phenoxy) is 3. The molecular formula is C26H21NO5. The molecule has 0 radical (unpaired) electrons. The van der Waals surface area contributed by atoms with E-state index in [4.69, 9.17) is 14.2 Å². The van der Waals surface area contributed by atoms with E-state index >= 15 is 0 Å². The van der Waals surface area contributed by atoms with Gasteiger partial charge in [-0.05, 0) is 61.4 Å². The van der Waals surface area contributed by atoms with Gasteiger partial charge in [0.2, 0.25) is 5.90 Å². The minimum Gasteiger partial charge on any atom is -0.490 e. The lowest BCUT2D eigenvalue weighted by molar-refractivity contribution is -0.129. The van der Waals surface area contributed by atoms with E-state index < -0.39 is 11.9 Å². The fourth-order valence-electron chi connectivity index (χ4n) is 3.20. The summed E-state index contributed by atoms with van der Waals surface area (Å²) < 4.78 is 16.5.